The zero-order valence-corrected chi connectivity index (χ0v) is 12.1. The molecule has 5 nitrogen and oxygen atoms in total. The number of carbonyl (C=O) groups is 2. The number of esters is 1. The summed E-state index contributed by atoms with van der Waals surface area (Å²) in [4.78, 5) is 25.6. The summed E-state index contributed by atoms with van der Waals surface area (Å²) in [5, 5.41) is 2.75. The maximum Gasteiger partial charge on any atom is 0.337 e. The molecule has 2 amide bonds. The molecule has 1 aliphatic rings. The van der Waals surface area contributed by atoms with Crippen molar-refractivity contribution in [1.82, 2.24) is 10.2 Å². The highest BCUT2D eigenvalue weighted by Crippen LogP contribution is 2.31. The molecule has 1 aliphatic heterocycles. The molecule has 0 radical (unpaired) electrons. The quantitative estimate of drug-likeness (QED) is 0.870. The molecular formula is C15H17FN2O3. The molecule has 1 aromatic carbocycles. The molecule has 6 heteroatoms. The van der Waals surface area contributed by atoms with Crippen LogP contribution in [-0.4, -0.2) is 30.6 Å². The van der Waals surface area contributed by atoms with E-state index in [1.165, 1.54) is 36.3 Å². The summed E-state index contributed by atoms with van der Waals surface area (Å²) < 4.78 is 17.9. The van der Waals surface area contributed by atoms with Crippen molar-refractivity contribution in [2.45, 2.75) is 19.9 Å². The Morgan fingerprint density at radius 2 is 2.00 bits per heavy atom. The Labute approximate surface area is 122 Å². The fourth-order valence-corrected chi connectivity index (χ4v) is 2.44. The number of methoxy groups -OCH3 is 1. The summed E-state index contributed by atoms with van der Waals surface area (Å²) in [6.45, 7) is 3.95. The molecule has 0 spiro atoms. The van der Waals surface area contributed by atoms with E-state index in [2.05, 4.69) is 5.32 Å². The zero-order valence-electron chi connectivity index (χ0n) is 12.1. The van der Waals surface area contributed by atoms with Crippen molar-refractivity contribution in [2.75, 3.05) is 13.7 Å². The molecule has 1 N–H and O–H groups in total. The van der Waals surface area contributed by atoms with Crippen molar-refractivity contribution in [3.05, 3.63) is 46.9 Å². The van der Waals surface area contributed by atoms with Crippen molar-refractivity contribution in [3.8, 4) is 0 Å². The molecule has 0 bridgehead atoms. The zero-order chi connectivity index (χ0) is 15.6. The van der Waals surface area contributed by atoms with E-state index < -0.39 is 12.0 Å². The Balaban J connectivity index is 2.52. The van der Waals surface area contributed by atoms with Crippen LogP contribution in [0.2, 0.25) is 0 Å². The summed E-state index contributed by atoms with van der Waals surface area (Å²) in [7, 11) is 1.29. The summed E-state index contributed by atoms with van der Waals surface area (Å²) in [5.41, 5.74) is 1.52. The van der Waals surface area contributed by atoms with Crippen molar-refractivity contribution < 1.29 is 18.7 Å². The summed E-state index contributed by atoms with van der Waals surface area (Å²) in [5.74, 6) is -0.892. The van der Waals surface area contributed by atoms with E-state index in [1.54, 1.807) is 6.92 Å². The first-order valence-corrected chi connectivity index (χ1v) is 6.62. The molecule has 0 fully saturated rings. The van der Waals surface area contributed by atoms with Crippen LogP contribution in [0.1, 0.15) is 25.5 Å². The molecule has 0 unspecified atom stereocenters. The third-order valence-electron chi connectivity index (χ3n) is 3.52. The van der Waals surface area contributed by atoms with Crippen molar-refractivity contribution in [3.63, 3.8) is 0 Å². The van der Waals surface area contributed by atoms with E-state index in [1.807, 2.05) is 6.92 Å². The minimum Gasteiger partial charge on any atom is -0.466 e. The average molecular weight is 292 g/mol. The van der Waals surface area contributed by atoms with Crippen LogP contribution in [0.3, 0.4) is 0 Å². The molecule has 0 aromatic heterocycles. The van der Waals surface area contributed by atoms with Crippen LogP contribution in [0.25, 0.3) is 0 Å². The largest absolute Gasteiger partial charge is 0.466 e. The summed E-state index contributed by atoms with van der Waals surface area (Å²) >= 11 is 0. The first-order chi connectivity index (χ1) is 9.99. The van der Waals surface area contributed by atoms with Crippen LogP contribution >= 0.6 is 0 Å². The number of hydrogen-bond acceptors (Lipinski definition) is 3. The third kappa shape index (κ3) is 2.74. The molecule has 112 valence electrons. The number of ether oxygens (including phenoxy) is 1. The van der Waals surface area contributed by atoms with Gasteiger partial charge in [0.05, 0.1) is 18.7 Å². The van der Waals surface area contributed by atoms with Crippen LogP contribution in [-0.2, 0) is 9.53 Å². The van der Waals surface area contributed by atoms with Gasteiger partial charge < -0.3 is 10.1 Å². The smallest absolute Gasteiger partial charge is 0.337 e. The first-order valence-electron chi connectivity index (χ1n) is 6.62. The number of nitrogens with one attached hydrogen (secondary N) is 1. The second-order valence-corrected chi connectivity index (χ2v) is 4.67. The molecule has 0 saturated carbocycles. The van der Waals surface area contributed by atoms with Crippen molar-refractivity contribution in [2.24, 2.45) is 0 Å². The van der Waals surface area contributed by atoms with Gasteiger partial charge in [-0.15, -0.1) is 0 Å². The normalized spacial score (nSPS) is 18.6. The molecule has 0 saturated heterocycles. The second-order valence-electron chi connectivity index (χ2n) is 4.67. The van der Waals surface area contributed by atoms with Crippen molar-refractivity contribution >= 4 is 12.0 Å². The number of carbonyl (C=O) groups excluding carboxylic acids is 2. The van der Waals surface area contributed by atoms with Gasteiger partial charge in [0.2, 0.25) is 0 Å². The molecular weight excluding hydrogens is 275 g/mol. The summed E-state index contributed by atoms with van der Waals surface area (Å²) in [6, 6.07) is 4.72. The molecule has 2 rings (SSSR count). The van der Waals surface area contributed by atoms with Gasteiger partial charge in [-0.3, -0.25) is 4.90 Å². The topological polar surface area (TPSA) is 58.6 Å². The average Bonchev–Trinajstić information content (AvgIpc) is 2.47. The second kappa shape index (κ2) is 5.95. The highest BCUT2D eigenvalue weighted by molar-refractivity contribution is 5.94. The van der Waals surface area contributed by atoms with E-state index in [-0.39, 0.29) is 11.8 Å². The predicted octanol–water partition coefficient (Wildman–Crippen LogP) is 2.36. The van der Waals surface area contributed by atoms with Crippen LogP contribution in [0.5, 0.6) is 0 Å². The fourth-order valence-electron chi connectivity index (χ4n) is 2.44. The van der Waals surface area contributed by atoms with Gasteiger partial charge in [0, 0.05) is 12.2 Å². The van der Waals surface area contributed by atoms with Crippen LogP contribution in [0.15, 0.2) is 35.5 Å². The lowest BCUT2D eigenvalue weighted by atomic mass is 9.95. The van der Waals surface area contributed by atoms with Gasteiger partial charge in [0.1, 0.15) is 5.82 Å². The van der Waals surface area contributed by atoms with Crippen LogP contribution in [0.4, 0.5) is 9.18 Å². The molecule has 0 aliphatic carbocycles. The number of amides is 2. The van der Waals surface area contributed by atoms with Gasteiger partial charge in [-0.2, -0.15) is 0 Å². The van der Waals surface area contributed by atoms with Gasteiger partial charge in [-0.25, -0.2) is 14.0 Å². The fraction of sp³-hybridized carbons (Fsp3) is 0.333. The highest BCUT2D eigenvalue weighted by atomic mass is 19.1. The number of urea groups is 1. The minimum atomic E-state index is -0.645. The van der Waals surface area contributed by atoms with Crippen LogP contribution < -0.4 is 5.32 Å². The summed E-state index contributed by atoms with van der Waals surface area (Å²) in [6.07, 6.45) is 0. The maximum atomic E-state index is 13.0. The standard InChI is InChI=1S/C15H17FN2O3/c1-4-18-9(2)12(14(19)21-3)13(17-15(18)20)10-5-7-11(16)8-6-10/h5-8,13H,4H2,1-3H3,(H,17,20)/t13-/m0/s1. The lowest BCUT2D eigenvalue weighted by Crippen LogP contribution is -2.47. The molecule has 1 aromatic rings. The Morgan fingerprint density at radius 3 is 2.52 bits per heavy atom. The Hall–Kier alpha value is -2.37. The number of benzene rings is 1. The predicted molar refractivity (Wildman–Crippen MR) is 74.8 cm³/mol. The van der Waals surface area contributed by atoms with E-state index in [0.29, 0.717) is 23.4 Å². The first kappa shape index (κ1) is 15.0. The Morgan fingerprint density at radius 1 is 1.38 bits per heavy atom. The van der Waals surface area contributed by atoms with Gasteiger partial charge in [-0.05, 0) is 31.5 Å². The van der Waals surface area contributed by atoms with Gasteiger partial charge >= 0.3 is 12.0 Å². The molecule has 1 heterocycles. The monoisotopic (exact) mass is 292 g/mol. The highest BCUT2D eigenvalue weighted by Gasteiger charge is 2.35. The number of rotatable bonds is 3. The maximum absolute atomic E-state index is 13.0. The van der Waals surface area contributed by atoms with Gasteiger partial charge in [-0.1, -0.05) is 12.1 Å². The lowest BCUT2D eigenvalue weighted by molar-refractivity contribution is -0.136. The van der Waals surface area contributed by atoms with Gasteiger partial charge in [0.25, 0.3) is 0 Å². The number of halogens is 1. The van der Waals surface area contributed by atoms with E-state index in [4.69, 9.17) is 4.74 Å². The Bertz CT molecular complexity index is 595. The molecule has 21 heavy (non-hydrogen) atoms. The SMILES string of the molecule is CCN1C(=O)N[C@@H](c2ccc(F)cc2)C(C(=O)OC)=C1C. The van der Waals surface area contributed by atoms with E-state index in [9.17, 15) is 14.0 Å². The van der Waals surface area contributed by atoms with E-state index in [0.717, 1.165) is 0 Å². The number of allylic oxidation sites excluding steroid dienone is 1. The minimum absolute atomic E-state index is 0.294. The van der Waals surface area contributed by atoms with Gasteiger partial charge in [0.15, 0.2) is 0 Å². The number of hydrogen-bond donors (Lipinski definition) is 1. The third-order valence-corrected chi connectivity index (χ3v) is 3.52. The Kier molecular flexibility index (Phi) is 4.26. The van der Waals surface area contributed by atoms with Crippen molar-refractivity contribution in [1.29, 1.82) is 0 Å². The lowest BCUT2D eigenvalue weighted by Gasteiger charge is -2.34. The van der Waals surface area contributed by atoms with E-state index >= 15 is 0 Å². The van der Waals surface area contributed by atoms with Crippen LogP contribution in [0, 0.1) is 5.82 Å². The molecule has 1 atom stereocenters. The number of nitrogens with zero attached hydrogens (tertiary/aromatic N) is 1.